The molecule has 1 N–H and O–H groups in total. The number of hydrogen-bond donors (Lipinski definition) is 1. The standard InChI is InChI=1S/C29H22N6OS/c1-18-7-8-19(16-31-18)27-23-5-3-4-6-24(23)29(35-34-27)33-20-9-11-22(12-10-20)37-26-13-14-30-25-15-21(36-2)17-32-28(25)26/h3-17H,1-2H3,(H,33,35). The highest BCUT2D eigenvalue weighted by atomic mass is 32.2. The Balaban J connectivity index is 1.26. The molecule has 6 rings (SSSR count). The number of pyridine rings is 3. The van der Waals surface area contributed by atoms with E-state index >= 15 is 0 Å². The lowest BCUT2D eigenvalue weighted by Gasteiger charge is -2.12. The average Bonchev–Trinajstić information content (AvgIpc) is 2.95. The average molecular weight is 503 g/mol. The Hall–Kier alpha value is -4.56. The predicted octanol–water partition coefficient (Wildman–Crippen LogP) is 6.85. The maximum absolute atomic E-state index is 5.27. The largest absolute Gasteiger partial charge is 0.495 e. The van der Waals surface area contributed by atoms with Crippen molar-refractivity contribution in [3.05, 3.63) is 97.1 Å². The molecule has 0 spiro atoms. The molecule has 0 radical (unpaired) electrons. The number of anilines is 2. The molecule has 4 heterocycles. The third-order valence-electron chi connectivity index (χ3n) is 5.97. The fraction of sp³-hybridized carbons (Fsp3) is 0.0690. The molecule has 6 aromatic rings. The first-order valence-corrected chi connectivity index (χ1v) is 12.5. The maximum Gasteiger partial charge on any atom is 0.161 e. The zero-order valence-corrected chi connectivity index (χ0v) is 21.0. The van der Waals surface area contributed by atoms with E-state index in [1.54, 1.807) is 31.3 Å². The molecule has 7 nitrogen and oxygen atoms in total. The van der Waals surface area contributed by atoms with Crippen LogP contribution in [0.1, 0.15) is 5.69 Å². The molecular weight excluding hydrogens is 480 g/mol. The van der Waals surface area contributed by atoms with Gasteiger partial charge in [-0.3, -0.25) is 9.97 Å². The fourth-order valence-electron chi connectivity index (χ4n) is 4.07. The minimum atomic E-state index is 0.691. The van der Waals surface area contributed by atoms with Crippen molar-refractivity contribution in [1.29, 1.82) is 0 Å². The van der Waals surface area contributed by atoms with E-state index in [1.165, 1.54) is 0 Å². The van der Waals surface area contributed by atoms with Gasteiger partial charge in [0.1, 0.15) is 17.0 Å². The van der Waals surface area contributed by atoms with E-state index < -0.39 is 0 Å². The second kappa shape index (κ2) is 9.83. The summed E-state index contributed by atoms with van der Waals surface area (Å²) in [7, 11) is 1.63. The summed E-state index contributed by atoms with van der Waals surface area (Å²) in [6.07, 6.45) is 5.35. The summed E-state index contributed by atoms with van der Waals surface area (Å²) in [5.74, 6) is 1.40. The number of nitrogens with one attached hydrogen (secondary N) is 1. The van der Waals surface area contributed by atoms with E-state index in [4.69, 9.17) is 4.74 Å². The molecule has 180 valence electrons. The summed E-state index contributed by atoms with van der Waals surface area (Å²) in [6.45, 7) is 1.97. The van der Waals surface area contributed by atoms with Gasteiger partial charge in [0, 0.05) is 56.0 Å². The quantitative estimate of drug-likeness (QED) is 0.265. The summed E-state index contributed by atoms with van der Waals surface area (Å²) >= 11 is 1.64. The Labute approximate surface area is 218 Å². The van der Waals surface area contributed by atoms with Gasteiger partial charge in [-0.1, -0.05) is 36.0 Å². The van der Waals surface area contributed by atoms with Gasteiger partial charge in [-0.15, -0.1) is 10.2 Å². The molecule has 0 atom stereocenters. The minimum Gasteiger partial charge on any atom is -0.495 e. The van der Waals surface area contributed by atoms with Crippen LogP contribution in [-0.4, -0.2) is 32.3 Å². The molecule has 0 fully saturated rings. The van der Waals surface area contributed by atoms with Gasteiger partial charge in [-0.2, -0.15) is 0 Å². The first-order chi connectivity index (χ1) is 18.2. The van der Waals surface area contributed by atoms with Crippen LogP contribution in [0.2, 0.25) is 0 Å². The van der Waals surface area contributed by atoms with Crippen molar-refractivity contribution < 1.29 is 4.74 Å². The number of benzene rings is 2. The summed E-state index contributed by atoms with van der Waals surface area (Å²) in [4.78, 5) is 15.5. The van der Waals surface area contributed by atoms with Crippen molar-refractivity contribution in [3.8, 4) is 17.0 Å². The zero-order valence-electron chi connectivity index (χ0n) is 20.2. The number of aryl methyl sites for hydroxylation is 1. The van der Waals surface area contributed by atoms with Gasteiger partial charge >= 0.3 is 0 Å². The molecule has 8 heteroatoms. The number of rotatable bonds is 6. The first kappa shape index (κ1) is 22.9. The van der Waals surface area contributed by atoms with Crippen molar-refractivity contribution >= 4 is 45.1 Å². The number of fused-ring (bicyclic) bond motifs is 2. The first-order valence-electron chi connectivity index (χ1n) is 11.7. The van der Waals surface area contributed by atoms with Crippen molar-refractivity contribution in [1.82, 2.24) is 25.1 Å². The van der Waals surface area contributed by atoms with E-state index in [-0.39, 0.29) is 0 Å². The highest BCUT2D eigenvalue weighted by Gasteiger charge is 2.12. The Bertz CT molecular complexity index is 1720. The van der Waals surface area contributed by atoms with Crippen LogP contribution in [0.3, 0.4) is 0 Å². The molecule has 0 aliphatic heterocycles. The highest BCUT2D eigenvalue weighted by Crippen LogP contribution is 2.34. The Morgan fingerprint density at radius 2 is 1.65 bits per heavy atom. The summed E-state index contributed by atoms with van der Waals surface area (Å²) < 4.78 is 5.27. The van der Waals surface area contributed by atoms with Crippen molar-refractivity contribution in [2.75, 3.05) is 12.4 Å². The van der Waals surface area contributed by atoms with Crippen molar-refractivity contribution in [3.63, 3.8) is 0 Å². The van der Waals surface area contributed by atoms with Crippen LogP contribution < -0.4 is 10.1 Å². The molecule has 37 heavy (non-hydrogen) atoms. The van der Waals surface area contributed by atoms with E-state index in [2.05, 4.69) is 54.7 Å². The zero-order chi connectivity index (χ0) is 25.2. The Kier molecular flexibility index (Phi) is 6.08. The molecular formula is C29H22N6OS. The van der Waals surface area contributed by atoms with Gasteiger partial charge in [0.15, 0.2) is 5.82 Å². The van der Waals surface area contributed by atoms with Crippen molar-refractivity contribution in [2.45, 2.75) is 16.7 Å². The Morgan fingerprint density at radius 3 is 2.43 bits per heavy atom. The predicted molar refractivity (Wildman–Crippen MR) is 147 cm³/mol. The number of hydrogen-bond acceptors (Lipinski definition) is 8. The smallest absolute Gasteiger partial charge is 0.161 e. The van der Waals surface area contributed by atoms with Gasteiger partial charge in [-0.05, 0) is 49.4 Å². The molecule has 0 unspecified atom stereocenters. The third-order valence-corrected chi connectivity index (χ3v) is 7.03. The van der Waals surface area contributed by atoms with E-state index in [0.717, 1.165) is 54.2 Å². The summed E-state index contributed by atoms with van der Waals surface area (Å²) in [6, 6.07) is 24.2. The normalized spacial score (nSPS) is 11.1. The minimum absolute atomic E-state index is 0.691. The molecule has 0 saturated heterocycles. The topological polar surface area (TPSA) is 85.7 Å². The number of methoxy groups -OCH3 is 1. The van der Waals surface area contributed by atoms with Crippen LogP contribution >= 0.6 is 11.8 Å². The summed E-state index contributed by atoms with van der Waals surface area (Å²) in [5.41, 5.74) is 5.31. The lowest BCUT2D eigenvalue weighted by Crippen LogP contribution is -1.99. The monoisotopic (exact) mass is 502 g/mol. The Morgan fingerprint density at radius 1 is 0.811 bits per heavy atom. The number of ether oxygens (including phenoxy) is 1. The van der Waals surface area contributed by atoms with Crippen LogP contribution in [0.25, 0.3) is 33.1 Å². The van der Waals surface area contributed by atoms with Gasteiger partial charge in [0.05, 0.1) is 18.8 Å². The fourth-order valence-corrected chi connectivity index (χ4v) is 4.98. The van der Waals surface area contributed by atoms with Crippen LogP contribution in [0, 0.1) is 6.92 Å². The van der Waals surface area contributed by atoms with Crippen LogP contribution in [0.5, 0.6) is 5.75 Å². The van der Waals surface area contributed by atoms with E-state index in [0.29, 0.717) is 11.6 Å². The van der Waals surface area contributed by atoms with Gasteiger partial charge < -0.3 is 10.1 Å². The van der Waals surface area contributed by atoms with Gasteiger partial charge in [0.25, 0.3) is 0 Å². The molecule has 0 aliphatic carbocycles. The number of nitrogens with zero attached hydrogens (tertiary/aromatic N) is 5. The second-order valence-corrected chi connectivity index (χ2v) is 9.55. The second-order valence-electron chi connectivity index (χ2n) is 8.43. The number of aromatic nitrogens is 5. The van der Waals surface area contributed by atoms with Crippen LogP contribution in [-0.2, 0) is 0 Å². The van der Waals surface area contributed by atoms with E-state index in [1.807, 2.05) is 61.7 Å². The van der Waals surface area contributed by atoms with Crippen LogP contribution in [0.4, 0.5) is 11.5 Å². The lowest BCUT2D eigenvalue weighted by molar-refractivity contribution is 0.413. The highest BCUT2D eigenvalue weighted by molar-refractivity contribution is 7.99. The molecule has 4 aromatic heterocycles. The van der Waals surface area contributed by atoms with E-state index in [9.17, 15) is 0 Å². The van der Waals surface area contributed by atoms with Crippen LogP contribution in [0.15, 0.2) is 101 Å². The lowest BCUT2D eigenvalue weighted by atomic mass is 10.1. The third kappa shape index (κ3) is 4.66. The molecule has 0 amide bonds. The maximum atomic E-state index is 5.27. The SMILES string of the molecule is COc1cnc2c(Sc3ccc(Nc4nnc(-c5ccc(C)nc5)c5ccccc45)cc3)ccnc2c1. The molecule has 2 aromatic carbocycles. The summed E-state index contributed by atoms with van der Waals surface area (Å²) in [5, 5.41) is 14.5. The van der Waals surface area contributed by atoms with Crippen molar-refractivity contribution in [2.24, 2.45) is 0 Å². The molecule has 0 aliphatic rings. The van der Waals surface area contributed by atoms with Gasteiger partial charge in [0.2, 0.25) is 0 Å². The molecule has 0 saturated carbocycles. The van der Waals surface area contributed by atoms with Gasteiger partial charge in [-0.25, -0.2) is 4.98 Å². The molecule has 0 bridgehead atoms.